The van der Waals surface area contributed by atoms with Crippen LogP contribution in [0.1, 0.15) is 23.1 Å². The maximum Gasteiger partial charge on any atom is 0.243 e. The summed E-state index contributed by atoms with van der Waals surface area (Å²) in [5.41, 5.74) is 2.21. The topological polar surface area (TPSA) is 78.1 Å². The van der Waals surface area contributed by atoms with E-state index in [0.717, 1.165) is 16.8 Å². The molecule has 1 aromatic heterocycles. The van der Waals surface area contributed by atoms with Crippen LogP contribution in [0.25, 0.3) is 0 Å². The summed E-state index contributed by atoms with van der Waals surface area (Å²) in [6.45, 7) is 2.11. The van der Waals surface area contributed by atoms with Crippen molar-refractivity contribution in [2.24, 2.45) is 0 Å². The number of aromatic amines is 1. The Labute approximate surface area is 132 Å². The molecule has 0 saturated heterocycles. The van der Waals surface area contributed by atoms with Crippen LogP contribution in [-0.2, 0) is 15.0 Å². The highest BCUT2D eigenvalue weighted by molar-refractivity contribution is 6.16. The molecule has 1 spiro atoms. The first-order chi connectivity index (χ1) is 11.1. The fraction of sp³-hybridized carbons (Fsp3) is 0.235. The highest BCUT2D eigenvalue weighted by Gasteiger charge is 2.56. The molecule has 0 aliphatic carbocycles. The van der Waals surface area contributed by atoms with E-state index in [4.69, 9.17) is 6.42 Å². The molecule has 4 rings (SSSR count). The van der Waals surface area contributed by atoms with Gasteiger partial charge in [-0.3, -0.25) is 19.6 Å². The maximum atomic E-state index is 13.3. The van der Waals surface area contributed by atoms with Crippen LogP contribution in [0.2, 0.25) is 0 Å². The number of carbonyl (C=O) groups excluding carboxylic acids is 2. The van der Waals surface area contributed by atoms with Crippen LogP contribution in [0, 0.1) is 19.3 Å². The summed E-state index contributed by atoms with van der Waals surface area (Å²) in [5, 5.41) is 9.50. The van der Waals surface area contributed by atoms with Crippen LogP contribution in [0.4, 0.5) is 11.5 Å². The minimum atomic E-state index is -1.05. The molecular formula is C17H14N4O2. The first kappa shape index (κ1) is 13.6. The molecule has 1 atom stereocenters. The van der Waals surface area contributed by atoms with Crippen LogP contribution in [0.15, 0.2) is 24.4 Å². The highest BCUT2D eigenvalue weighted by Crippen LogP contribution is 2.52. The van der Waals surface area contributed by atoms with Crippen molar-refractivity contribution in [2.75, 3.05) is 16.8 Å². The first-order valence-electron chi connectivity index (χ1n) is 7.29. The van der Waals surface area contributed by atoms with Crippen molar-refractivity contribution in [1.82, 2.24) is 10.2 Å². The van der Waals surface area contributed by atoms with Crippen molar-refractivity contribution in [3.8, 4) is 12.3 Å². The summed E-state index contributed by atoms with van der Waals surface area (Å²) in [6, 6.07) is 5.73. The molecule has 3 heterocycles. The number of fused-ring (bicyclic) bond motifs is 4. The highest BCUT2D eigenvalue weighted by atomic mass is 16.2. The molecule has 2 aliphatic rings. The second-order valence-electron chi connectivity index (χ2n) is 5.86. The van der Waals surface area contributed by atoms with Gasteiger partial charge in [0.05, 0.1) is 18.4 Å². The number of amides is 2. The second kappa shape index (κ2) is 4.46. The number of rotatable bonds is 1. The van der Waals surface area contributed by atoms with Crippen LogP contribution in [0.3, 0.4) is 0 Å². The zero-order valence-electron chi connectivity index (χ0n) is 12.5. The number of aromatic nitrogens is 2. The summed E-state index contributed by atoms with van der Waals surface area (Å²) >= 11 is 0. The van der Waals surface area contributed by atoms with Gasteiger partial charge in [-0.25, -0.2) is 0 Å². The lowest BCUT2D eigenvalue weighted by molar-refractivity contribution is -0.126. The summed E-state index contributed by atoms with van der Waals surface area (Å²) in [5.74, 6) is 2.63. The minimum absolute atomic E-state index is 0.0515. The Kier molecular flexibility index (Phi) is 2.64. The average molecular weight is 306 g/mol. The van der Waals surface area contributed by atoms with E-state index < -0.39 is 5.41 Å². The van der Waals surface area contributed by atoms with E-state index in [1.165, 1.54) is 0 Å². The van der Waals surface area contributed by atoms with Crippen LogP contribution >= 0.6 is 0 Å². The number of H-pyrrole nitrogens is 1. The molecule has 0 unspecified atom stereocenters. The molecule has 114 valence electrons. The van der Waals surface area contributed by atoms with Gasteiger partial charge in [-0.15, -0.1) is 6.42 Å². The van der Waals surface area contributed by atoms with Gasteiger partial charge in [0.15, 0.2) is 0 Å². The van der Waals surface area contributed by atoms with Gasteiger partial charge in [0.2, 0.25) is 11.8 Å². The van der Waals surface area contributed by atoms with E-state index >= 15 is 0 Å². The van der Waals surface area contributed by atoms with Crippen LogP contribution < -0.4 is 10.2 Å². The predicted octanol–water partition coefficient (Wildman–Crippen LogP) is 1.33. The number of hydrogen-bond donors (Lipinski definition) is 2. The number of hydrogen-bond acceptors (Lipinski definition) is 3. The Hall–Kier alpha value is -3.07. The lowest BCUT2D eigenvalue weighted by Gasteiger charge is -2.31. The molecule has 2 N–H and O–H groups in total. The SMILES string of the molecule is C#CCN1C(=O)[C@]2(CC(=O)Nc3[nH]ncc32)c2cccc(C)c21. The van der Waals surface area contributed by atoms with Gasteiger partial charge in [0.25, 0.3) is 0 Å². The second-order valence-corrected chi connectivity index (χ2v) is 5.86. The predicted molar refractivity (Wildman–Crippen MR) is 85.0 cm³/mol. The van der Waals surface area contributed by atoms with Gasteiger partial charge in [0.1, 0.15) is 11.2 Å². The number of para-hydroxylation sites is 1. The van der Waals surface area contributed by atoms with Crippen molar-refractivity contribution >= 4 is 23.3 Å². The molecule has 23 heavy (non-hydrogen) atoms. The lowest BCUT2D eigenvalue weighted by atomic mass is 9.71. The number of nitrogens with zero attached hydrogens (tertiary/aromatic N) is 2. The summed E-state index contributed by atoms with van der Waals surface area (Å²) in [7, 11) is 0. The Morgan fingerprint density at radius 1 is 1.39 bits per heavy atom. The van der Waals surface area contributed by atoms with E-state index in [-0.39, 0.29) is 24.8 Å². The molecule has 1 aromatic carbocycles. The molecule has 6 heteroatoms. The monoisotopic (exact) mass is 306 g/mol. The molecule has 2 aliphatic heterocycles. The van der Waals surface area contributed by atoms with E-state index in [2.05, 4.69) is 21.4 Å². The summed E-state index contributed by atoms with van der Waals surface area (Å²) in [4.78, 5) is 27.1. The van der Waals surface area contributed by atoms with Crippen molar-refractivity contribution in [3.63, 3.8) is 0 Å². The summed E-state index contributed by atoms with van der Waals surface area (Å²) in [6.07, 6.45) is 7.12. The van der Waals surface area contributed by atoms with Crippen molar-refractivity contribution < 1.29 is 9.59 Å². The number of carbonyl (C=O) groups is 2. The molecule has 0 radical (unpaired) electrons. The summed E-state index contributed by atoms with van der Waals surface area (Å²) < 4.78 is 0. The largest absolute Gasteiger partial charge is 0.311 e. The average Bonchev–Trinajstić information content (AvgIpc) is 3.07. The standard InChI is InChI=1S/C17H14N4O2/c1-3-7-21-14-10(2)5-4-6-11(14)17(16(21)23)8-13(22)19-15-12(17)9-18-20-15/h1,4-6,9H,7-8H2,2H3,(H2,18,19,20,22)/t17-/m1/s1. The molecule has 0 saturated carbocycles. The normalized spacial score (nSPS) is 21.8. The number of terminal acetylenes is 1. The number of aryl methyl sites for hydroxylation is 1. The van der Waals surface area contributed by atoms with Gasteiger partial charge >= 0.3 is 0 Å². The van der Waals surface area contributed by atoms with Gasteiger partial charge in [-0.05, 0) is 18.1 Å². The van der Waals surface area contributed by atoms with Crippen molar-refractivity contribution in [2.45, 2.75) is 18.8 Å². The van der Waals surface area contributed by atoms with E-state index in [1.807, 2.05) is 25.1 Å². The van der Waals surface area contributed by atoms with E-state index in [1.54, 1.807) is 11.1 Å². The third kappa shape index (κ3) is 1.56. The Morgan fingerprint density at radius 3 is 3.00 bits per heavy atom. The smallest absolute Gasteiger partial charge is 0.243 e. The fourth-order valence-corrected chi connectivity index (χ4v) is 3.71. The molecule has 0 bridgehead atoms. The first-order valence-corrected chi connectivity index (χ1v) is 7.29. The number of anilines is 2. The Balaban J connectivity index is 2.06. The molecule has 2 aromatic rings. The maximum absolute atomic E-state index is 13.3. The third-order valence-electron chi connectivity index (χ3n) is 4.62. The quantitative estimate of drug-likeness (QED) is 0.780. The lowest BCUT2D eigenvalue weighted by Crippen LogP contribution is -2.46. The zero-order chi connectivity index (χ0) is 16.2. The number of nitrogens with one attached hydrogen (secondary N) is 2. The van der Waals surface area contributed by atoms with E-state index in [0.29, 0.717) is 11.4 Å². The molecule has 0 fully saturated rings. The molecular weight excluding hydrogens is 292 g/mol. The van der Waals surface area contributed by atoms with Gasteiger partial charge in [-0.2, -0.15) is 5.10 Å². The Morgan fingerprint density at radius 2 is 2.22 bits per heavy atom. The van der Waals surface area contributed by atoms with Gasteiger partial charge in [0, 0.05) is 12.0 Å². The van der Waals surface area contributed by atoms with Gasteiger partial charge in [-0.1, -0.05) is 24.1 Å². The number of benzene rings is 1. The molecule has 6 nitrogen and oxygen atoms in total. The minimum Gasteiger partial charge on any atom is -0.311 e. The Bertz CT molecular complexity index is 892. The van der Waals surface area contributed by atoms with Crippen LogP contribution in [0.5, 0.6) is 0 Å². The van der Waals surface area contributed by atoms with E-state index in [9.17, 15) is 9.59 Å². The van der Waals surface area contributed by atoms with Gasteiger partial charge < -0.3 is 5.32 Å². The van der Waals surface area contributed by atoms with Crippen LogP contribution in [-0.4, -0.2) is 28.6 Å². The third-order valence-corrected chi connectivity index (χ3v) is 4.62. The molecule has 2 amide bonds. The fourth-order valence-electron chi connectivity index (χ4n) is 3.71. The zero-order valence-corrected chi connectivity index (χ0v) is 12.5. The van der Waals surface area contributed by atoms with Crippen molar-refractivity contribution in [1.29, 1.82) is 0 Å². The van der Waals surface area contributed by atoms with Crippen molar-refractivity contribution in [3.05, 3.63) is 41.1 Å².